The maximum Gasteiger partial charge on any atom is 0.274 e. The molecule has 172 valence electrons. The number of amides is 2. The number of carbonyl (C=O) groups excluding carboxylic acids is 2. The number of aromatic nitrogens is 2. The number of anilines is 1. The molecule has 0 saturated carbocycles. The van der Waals surface area contributed by atoms with Gasteiger partial charge in [0.25, 0.3) is 5.91 Å². The van der Waals surface area contributed by atoms with Gasteiger partial charge in [-0.15, -0.1) is 0 Å². The average molecular weight is 451 g/mol. The highest BCUT2D eigenvalue weighted by molar-refractivity contribution is 6.33. The van der Waals surface area contributed by atoms with E-state index in [4.69, 9.17) is 11.6 Å². The fourth-order valence-electron chi connectivity index (χ4n) is 4.45. The van der Waals surface area contributed by atoms with Crippen molar-refractivity contribution in [2.75, 3.05) is 58.3 Å². The third-order valence-electron chi connectivity index (χ3n) is 5.96. The number of nitrogens with one attached hydrogen (secondary N) is 1. The van der Waals surface area contributed by atoms with Gasteiger partial charge in [-0.25, -0.2) is 9.97 Å². The molecular formula is C22H35ClN6O2. The van der Waals surface area contributed by atoms with Crippen LogP contribution in [0.25, 0.3) is 0 Å². The van der Waals surface area contributed by atoms with E-state index in [1.165, 1.54) is 6.20 Å². The highest BCUT2D eigenvalue weighted by Crippen LogP contribution is 2.24. The van der Waals surface area contributed by atoms with Crippen LogP contribution in [0.3, 0.4) is 0 Å². The Bertz CT molecular complexity index is 786. The lowest BCUT2D eigenvalue weighted by Gasteiger charge is -2.33. The van der Waals surface area contributed by atoms with Crippen LogP contribution in [0, 0.1) is 11.3 Å². The van der Waals surface area contributed by atoms with Gasteiger partial charge in [-0.1, -0.05) is 25.4 Å². The molecule has 8 nitrogen and oxygen atoms in total. The molecule has 3 heterocycles. The Hall–Kier alpha value is -1.93. The fraction of sp³-hybridized carbons (Fsp3) is 0.727. The van der Waals surface area contributed by atoms with E-state index in [1.54, 1.807) is 4.90 Å². The van der Waals surface area contributed by atoms with Crippen molar-refractivity contribution in [3.63, 3.8) is 0 Å². The van der Waals surface area contributed by atoms with E-state index in [2.05, 4.69) is 38.9 Å². The topological polar surface area (TPSA) is 81.7 Å². The van der Waals surface area contributed by atoms with E-state index in [0.29, 0.717) is 38.4 Å². The molecule has 31 heavy (non-hydrogen) atoms. The number of piperidine rings is 1. The second kappa shape index (κ2) is 10.1. The van der Waals surface area contributed by atoms with Crippen LogP contribution in [-0.2, 0) is 4.79 Å². The summed E-state index contributed by atoms with van der Waals surface area (Å²) >= 11 is 6.26. The first-order chi connectivity index (χ1) is 14.7. The van der Waals surface area contributed by atoms with Crippen LogP contribution in [0.1, 0.15) is 50.0 Å². The molecule has 0 aliphatic carbocycles. The Morgan fingerprint density at radius 1 is 1.19 bits per heavy atom. The van der Waals surface area contributed by atoms with Crippen LogP contribution < -0.4 is 10.2 Å². The van der Waals surface area contributed by atoms with Crippen molar-refractivity contribution in [1.29, 1.82) is 0 Å². The zero-order chi connectivity index (χ0) is 22.6. The lowest BCUT2D eigenvalue weighted by atomic mass is 9.91. The van der Waals surface area contributed by atoms with E-state index >= 15 is 0 Å². The Kier molecular flexibility index (Phi) is 7.75. The molecule has 2 aliphatic heterocycles. The van der Waals surface area contributed by atoms with Gasteiger partial charge in [0.15, 0.2) is 5.69 Å². The second-order valence-corrected chi connectivity index (χ2v) is 10.2. The molecule has 0 spiro atoms. The lowest BCUT2D eigenvalue weighted by molar-refractivity contribution is -0.126. The van der Waals surface area contributed by atoms with Gasteiger partial charge in [0.05, 0.1) is 11.2 Å². The molecule has 1 aromatic heterocycles. The monoisotopic (exact) mass is 450 g/mol. The first-order valence-corrected chi connectivity index (χ1v) is 11.5. The van der Waals surface area contributed by atoms with Crippen LogP contribution in [0.4, 0.5) is 5.95 Å². The van der Waals surface area contributed by atoms with Crippen LogP contribution in [0.15, 0.2) is 6.20 Å². The maximum atomic E-state index is 13.1. The summed E-state index contributed by atoms with van der Waals surface area (Å²) in [6, 6.07) is 0. The minimum atomic E-state index is -0.182. The van der Waals surface area contributed by atoms with Crippen LogP contribution >= 0.6 is 11.6 Å². The van der Waals surface area contributed by atoms with E-state index in [-0.39, 0.29) is 33.9 Å². The van der Waals surface area contributed by atoms with Gasteiger partial charge in [-0.2, -0.15) is 0 Å². The van der Waals surface area contributed by atoms with E-state index in [9.17, 15) is 9.59 Å². The summed E-state index contributed by atoms with van der Waals surface area (Å²) in [7, 11) is 4.07. The summed E-state index contributed by atoms with van der Waals surface area (Å²) in [6.45, 7) is 8.70. The molecule has 0 radical (unpaired) electrons. The Morgan fingerprint density at radius 2 is 1.84 bits per heavy atom. The number of halogens is 1. The third kappa shape index (κ3) is 6.29. The molecule has 9 heteroatoms. The van der Waals surface area contributed by atoms with Crippen molar-refractivity contribution in [2.24, 2.45) is 11.3 Å². The van der Waals surface area contributed by atoms with Gasteiger partial charge in [-0.05, 0) is 45.2 Å². The van der Waals surface area contributed by atoms with Gasteiger partial charge >= 0.3 is 0 Å². The minimum Gasteiger partial charge on any atom is -0.355 e. The predicted molar refractivity (Wildman–Crippen MR) is 122 cm³/mol. The average Bonchev–Trinajstić information content (AvgIpc) is 3.26. The van der Waals surface area contributed by atoms with Crippen LogP contribution in [0.5, 0.6) is 0 Å². The smallest absolute Gasteiger partial charge is 0.274 e. The molecule has 2 saturated heterocycles. The largest absolute Gasteiger partial charge is 0.355 e. The summed E-state index contributed by atoms with van der Waals surface area (Å²) in [5.74, 6) is 0.397. The maximum absolute atomic E-state index is 13.1. The number of hydrogen-bond donors (Lipinski definition) is 1. The first kappa shape index (κ1) is 23.7. The van der Waals surface area contributed by atoms with Crippen molar-refractivity contribution in [2.45, 2.75) is 39.5 Å². The Balaban J connectivity index is 1.54. The zero-order valence-corrected chi connectivity index (χ0v) is 19.9. The molecule has 0 bridgehead atoms. The molecule has 2 aliphatic rings. The fourth-order valence-corrected chi connectivity index (χ4v) is 4.63. The molecule has 0 unspecified atom stereocenters. The Labute approximate surface area is 190 Å². The summed E-state index contributed by atoms with van der Waals surface area (Å²) < 4.78 is 0. The quantitative estimate of drug-likeness (QED) is 0.686. The first-order valence-electron chi connectivity index (χ1n) is 11.2. The molecule has 2 fully saturated rings. The van der Waals surface area contributed by atoms with E-state index in [0.717, 1.165) is 32.5 Å². The predicted octanol–water partition coefficient (Wildman–Crippen LogP) is 2.29. The minimum absolute atomic E-state index is 0.00659. The molecule has 1 aromatic rings. The van der Waals surface area contributed by atoms with Crippen molar-refractivity contribution < 1.29 is 9.59 Å². The zero-order valence-electron chi connectivity index (χ0n) is 19.2. The number of hydrogen-bond acceptors (Lipinski definition) is 6. The van der Waals surface area contributed by atoms with Crippen molar-refractivity contribution in [1.82, 2.24) is 25.1 Å². The van der Waals surface area contributed by atoms with E-state index in [1.807, 2.05) is 14.1 Å². The second-order valence-electron chi connectivity index (χ2n) is 9.75. The molecule has 0 atom stereocenters. The van der Waals surface area contributed by atoms with Crippen LogP contribution in [-0.4, -0.2) is 84.9 Å². The van der Waals surface area contributed by atoms with E-state index < -0.39 is 0 Å². The van der Waals surface area contributed by atoms with Crippen molar-refractivity contribution in [3.05, 3.63) is 16.9 Å². The normalized spacial score (nSPS) is 18.0. The molecule has 3 rings (SSSR count). The number of nitrogens with zero attached hydrogens (tertiary/aromatic N) is 5. The summed E-state index contributed by atoms with van der Waals surface area (Å²) in [5, 5.41) is 3.38. The van der Waals surface area contributed by atoms with Gasteiger partial charge in [0.1, 0.15) is 0 Å². The summed E-state index contributed by atoms with van der Waals surface area (Å²) in [4.78, 5) is 40.4. The number of carbonyl (C=O) groups is 2. The molecule has 0 aromatic carbocycles. The molecule has 1 N–H and O–H groups in total. The van der Waals surface area contributed by atoms with Gasteiger partial charge < -0.3 is 20.0 Å². The summed E-state index contributed by atoms with van der Waals surface area (Å²) in [6.07, 6.45) is 5.03. The number of likely N-dealkylation sites (tertiary alicyclic amines) is 1. The van der Waals surface area contributed by atoms with Crippen LogP contribution in [0.2, 0.25) is 5.02 Å². The molecular weight excluding hydrogens is 416 g/mol. The van der Waals surface area contributed by atoms with Crippen molar-refractivity contribution >= 4 is 29.4 Å². The molecule has 2 amide bonds. The lowest BCUT2D eigenvalue weighted by Crippen LogP contribution is -2.46. The van der Waals surface area contributed by atoms with Gasteiger partial charge in [-0.3, -0.25) is 9.59 Å². The van der Waals surface area contributed by atoms with Crippen molar-refractivity contribution in [3.8, 4) is 0 Å². The highest BCUT2D eigenvalue weighted by Gasteiger charge is 2.31. The van der Waals surface area contributed by atoms with Gasteiger partial charge in [0.2, 0.25) is 11.9 Å². The number of rotatable bonds is 7. The highest BCUT2D eigenvalue weighted by atomic mass is 35.5. The third-order valence-corrected chi connectivity index (χ3v) is 6.24. The summed E-state index contributed by atoms with van der Waals surface area (Å²) in [5.41, 5.74) is 0.263. The van der Waals surface area contributed by atoms with Gasteiger partial charge in [0, 0.05) is 45.2 Å². The SMILES string of the molecule is CN(C)CC(C)(C)CNC(=O)C1CCN(C(=O)c2nc(N3CCCC3)ncc2Cl)CC1. The standard InChI is InChI=1S/C22H35ClN6O2/c1-22(2,15-27(3)4)14-25-19(30)16-7-11-28(12-8-16)20(31)18-17(23)13-24-21(26-18)29-9-5-6-10-29/h13,16H,5-12,14-15H2,1-4H3,(H,25,30). The Morgan fingerprint density at radius 3 is 2.45 bits per heavy atom.